The highest BCUT2D eigenvalue weighted by Crippen LogP contribution is 2.32. The molecule has 194 valence electrons. The van der Waals surface area contributed by atoms with Gasteiger partial charge in [-0.25, -0.2) is 0 Å². The second kappa shape index (κ2) is 14.5. The van der Waals surface area contributed by atoms with Crippen LogP contribution in [0.4, 0.5) is 0 Å². The third-order valence-electron chi connectivity index (χ3n) is 8.38. The fourth-order valence-electron chi connectivity index (χ4n) is 5.92. The fraction of sp³-hybridized carbons (Fsp3) is 0.543. The molecule has 0 spiro atoms. The van der Waals surface area contributed by atoms with Crippen LogP contribution in [0.15, 0.2) is 72.8 Å². The highest BCUT2D eigenvalue weighted by molar-refractivity contribution is 5.64. The van der Waals surface area contributed by atoms with Crippen molar-refractivity contribution in [3.63, 3.8) is 0 Å². The van der Waals surface area contributed by atoms with Crippen molar-refractivity contribution >= 4 is 0 Å². The minimum atomic E-state index is 0.672. The first-order valence-electron chi connectivity index (χ1n) is 14.9. The van der Waals surface area contributed by atoms with Gasteiger partial charge in [-0.2, -0.15) is 0 Å². The van der Waals surface area contributed by atoms with Gasteiger partial charge in [0.2, 0.25) is 0 Å². The monoisotopic (exact) mass is 484 g/mol. The molecule has 0 N–H and O–H groups in total. The van der Waals surface area contributed by atoms with E-state index in [4.69, 9.17) is 4.74 Å². The summed E-state index contributed by atoms with van der Waals surface area (Å²) in [5, 5.41) is 0. The number of ether oxygens (including phenoxy) is 1. The van der Waals surface area contributed by atoms with Crippen LogP contribution in [0.2, 0.25) is 0 Å². The Morgan fingerprint density at radius 2 is 1.44 bits per heavy atom. The Balaban J connectivity index is 1.16. The van der Waals surface area contributed by atoms with Crippen LogP contribution in [0.5, 0.6) is 5.75 Å². The summed E-state index contributed by atoms with van der Waals surface area (Å²) in [4.78, 5) is 0. The molecule has 1 fully saturated rings. The van der Waals surface area contributed by atoms with Crippen molar-refractivity contribution in [2.45, 2.75) is 90.9 Å². The van der Waals surface area contributed by atoms with E-state index in [1.165, 1.54) is 93.7 Å². The minimum absolute atomic E-state index is 0.672. The zero-order valence-electron chi connectivity index (χ0n) is 22.8. The summed E-state index contributed by atoms with van der Waals surface area (Å²) in [5.74, 6) is 3.96. The maximum Gasteiger partial charge on any atom is 0.119 e. The first-order chi connectivity index (χ1) is 17.7. The van der Waals surface area contributed by atoms with Crippen molar-refractivity contribution in [3.05, 3.63) is 78.4 Å². The molecule has 1 heteroatoms. The Bertz CT molecular complexity index is 928. The van der Waals surface area contributed by atoms with E-state index in [2.05, 4.69) is 86.7 Å². The third-order valence-corrected chi connectivity index (χ3v) is 8.38. The molecule has 2 unspecified atom stereocenters. The lowest BCUT2D eigenvalue weighted by Gasteiger charge is -2.27. The van der Waals surface area contributed by atoms with Gasteiger partial charge in [0.1, 0.15) is 5.75 Å². The molecule has 2 aliphatic carbocycles. The van der Waals surface area contributed by atoms with E-state index >= 15 is 0 Å². The summed E-state index contributed by atoms with van der Waals surface area (Å²) in [6, 6.07) is 17.8. The van der Waals surface area contributed by atoms with E-state index in [-0.39, 0.29) is 0 Å². The zero-order valence-corrected chi connectivity index (χ0v) is 22.8. The number of rotatable bonds is 12. The number of benzene rings is 2. The molecule has 4 rings (SSSR count). The summed E-state index contributed by atoms with van der Waals surface area (Å²) in [5.41, 5.74) is 4.00. The largest absolute Gasteiger partial charge is 0.493 e. The van der Waals surface area contributed by atoms with E-state index in [1.807, 2.05) is 0 Å². The standard InChI is InChI=1S/C35H48O/c1-3-5-6-8-29-19-21-33(22-20-29)34-23-25-35(26-24-34)36-27-32-17-15-31(16-18-32)14-13-30-11-9-28(7-4-2)10-12-30/h9,11,13-14,19-26,28,30-32H,3-8,10,12,15-18,27H2,1-2H3/b14-13+. The highest BCUT2D eigenvalue weighted by atomic mass is 16.5. The zero-order chi connectivity index (χ0) is 25.0. The Morgan fingerprint density at radius 3 is 2.08 bits per heavy atom. The lowest BCUT2D eigenvalue weighted by molar-refractivity contribution is 0.194. The summed E-state index contributed by atoms with van der Waals surface area (Å²) >= 11 is 0. The Hall–Kier alpha value is -2.28. The van der Waals surface area contributed by atoms with Gasteiger partial charge in [-0.1, -0.05) is 93.8 Å². The second-order valence-electron chi connectivity index (χ2n) is 11.3. The molecule has 0 amide bonds. The van der Waals surface area contributed by atoms with Crippen LogP contribution in [0.1, 0.15) is 90.0 Å². The SMILES string of the molecule is CCCCCc1ccc(-c2ccc(OCC3CCC(/C=C/C4C=CC(CCC)CC4)CC3)cc2)cc1. The van der Waals surface area contributed by atoms with E-state index < -0.39 is 0 Å². The van der Waals surface area contributed by atoms with Crippen LogP contribution in [0.25, 0.3) is 11.1 Å². The third kappa shape index (κ3) is 8.39. The average Bonchev–Trinajstić information content (AvgIpc) is 2.93. The van der Waals surface area contributed by atoms with Crippen LogP contribution in [-0.4, -0.2) is 6.61 Å². The molecule has 2 atom stereocenters. The van der Waals surface area contributed by atoms with Gasteiger partial charge in [0, 0.05) is 0 Å². The van der Waals surface area contributed by atoms with E-state index in [0.717, 1.165) is 24.2 Å². The molecule has 1 nitrogen and oxygen atoms in total. The van der Waals surface area contributed by atoms with Crippen molar-refractivity contribution in [3.8, 4) is 16.9 Å². The van der Waals surface area contributed by atoms with Crippen LogP contribution < -0.4 is 4.74 Å². The Morgan fingerprint density at radius 1 is 0.722 bits per heavy atom. The lowest BCUT2D eigenvalue weighted by atomic mass is 9.81. The number of hydrogen-bond acceptors (Lipinski definition) is 1. The van der Waals surface area contributed by atoms with Crippen LogP contribution >= 0.6 is 0 Å². The van der Waals surface area contributed by atoms with Crippen molar-refractivity contribution in [1.82, 2.24) is 0 Å². The first-order valence-corrected chi connectivity index (χ1v) is 14.9. The smallest absolute Gasteiger partial charge is 0.119 e. The molecule has 2 aromatic carbocycles. The van der Waals surface area contributed by atoms with Gasteiger partial charge >= 0.3 is 0 Å². The van der Waals surface area contributed by atoms with Gasteiger partial charge in [-0.15, -0.1) is 0 Å². The van der Waals surface area contributed by atoms with Gasteiger partial charge in [-0.05, 0) is 110 Å². The maximum absolute atomic E-state index is 6.20. The summed E-state index contributed by atoms with van der Waals surface area (Å²) in [6.45, 7) is 5.41. The molecule has 2 aliphatic rings. The molecule has 0 aliphatic heterocycles. The number of hydrogen-bond donors (Lipinski definition) is 0. The molecule has 36 heavy (non-hydrogen) atoms. The average molecular weight is 485 g/mol. The Kier molecular flexibility index (Phi) is 10.8. The summed E-state index contributed by atoms with van der Waals surface area (Å²) in [7, 11) is 0. The van der Waals surface area contributed by atoms with Gasteiger partial charge in [0.15, 0.2) is 0 Å². The minimum Gasteiger partial charge on any atom is -0.493 e. The molecule has 1 saturated carbocycles. The predicted molar refractivity (Wildman–Crippen MR) is 155 cm³/mol. The summed E-state index contributed by atoms with van der Waals surface area (Å²) in [6.07, 6.45) is 25.6. The van der Waals surface area contributed by atoms with E-state index in [1.54, 1.807) is 0 Å². The van der Waals surface area contributed by atoms with Crippen molar-refractivity contribution in [2.75, 3.05) is 6.61 Å². The van der Waals surface area contributed by atoms with Crippen LogP contribution in [0, 0.1) is 23.7 Å². The quantitative estimate of drug-likeness (QED) is 0.215. The maximum atomic E-state index is 6.20. The van der Waals surface area contributed by atoms with Crippen molar-refractivity contribution in [1.29, 1.82) is 0 Å². The van der Waals surface area contributed by atoms with Crippen LogP contribution in [-0.2, 0) is 6.42 Å². The van der Waals surface area contributed by atoms with Gasteiger partial charge in [-0.3, -0.25) is 0 Å². The van der Waals surface area contributed by atoms with Gasteiger partial charge in [0.05, 0.1) is 6.61 Å². The molecular weight excluding hydrogens is 436 g/mol. The number of allylic oxidation sites excluding steroid dienone is 4. The van der Waals surface area contributed by atoms with Gasteiger partial charge < -0.3 is 4.74 Å². The van der Waals surface area contributed by atoms with Gasteiger partial charge in [0.25, 0.3) is 0 Å². The lowest BCUT2D eigenvalue weighted by Crippen LogP contribution is -2.19. The first kappa shape index (κ1) is 26.8. The summed E-state index contributed by atoms with van der Waals surface area (Å²) < 4.78 is 6.20. The van der Waals surface area contributed by atoms with E-state index in [0.29, 0.717) is 11.8 Å². The topological polar surface area (TPSA) is 9.23 Å². The molecule has 0 bridgehead atoms. The predicted octanol–water partition coefficient (Wildman–Crippen LogP) is 10.2. The highest BCUT2D eigenvalue weighted by Gasteiger charge is 2.21. The fourth-order valence-corrected chi connectivity index (χ4v) is 5.92. The van der Waals surface area contributed by atoms with Crippen molar-refractivity contribution < 1.29 is 4.74 Å². The van der Waals surface area contributed by atoms with E-state index in [9.17, 15) is 0 Å². The Labute approximate surface area is 221 Å². The van der Waals surface area contributed by atoms with Crippen LogP contribution in [0.3, 0.4) is 0 Å². The molecule has 0 radical (unpaired) electrons. The number of aryl methyl sites for hydroxylation is 1. The number of unbranched alkanes of at least 4 members (excludes halogenated alkanes) is 2. The molecular formula is C35H48O. The normalized spacial score (nSPS) is 24.3. The van der Waals surface area contributed by atoms with Crippen molar-refractivity contribution in [2.24, 2.45) is 23.7 Å². The molecule has 0 heterocycles. The molecule has 0 aromatic heterocycles. The second-order valence-corrected chi connectivity index (χ2v) is 11.3. The molecule has 0 saturated heterocycles. The molecule has 2 aromatic rings.